The first-order chi connectivity index (χ1) is 9.45. The highest BCUT2D eigenvalue weighted by molar-refractivity contribution is 5.57. The molecule has 1 N–H and O–H groups in total. The topological polar surface area (TPSA) is 32.7 Å². The van der Waals surface area contributed by atoms with Gasteiger partial charge in [-0.15, -0.1) is 0 Å². The minimum absolute atomic E-state index is 0.188. The van der Waals surface area contributed by atoms with Gasteiger partial charge in [0.15, 0.2) is 0 Å². The molecule has 1 atom stereocenters. The number of anilines is 1. The van der Waals surface area contributed by atoms with Gasteiger partial charge in [-0.2, -0.15) is 13.2 Å². The van der Waals surface area contributed by atoms with Crippen LogP contribution in [0.3, 0.4) is 0 Å². The van der Waals surface area contributed by atoms with Gasteiger partial charge in [-0.3, -0.25) is 0 Å². The summed E-state index contributed by atoms with van der Waals surface area (Å²) in [6, 6.07) is 4.01. The van der Waals surface area contributed by atoms with E-state index in [1.807, 2.05) is 0 Å². The second kappa shape index (κ2) is 6.01. The number of aliphatic hydroxyl groups is 1. The Morgan fingerprint density at radius 3 is 2.75 bits per heavy atom. The zero-order chi connectivity index (χ0) is 14.8. The zero-order valence-electron chi connectivity index (χ0n) is 11.3. The molecule has 0 spiro atoms. The number of methoxy groups -OCH3 is 1. The Kier molecular flexibility index (Phi) is 4.55. The summed E-state index contributed by atoms with van der Waals surface area (Å²) in [7, 11) is 1.60. The quantitative estimate of drug-likeness (QED) is 0.925. The van der Waals surface area contributed by atoms with E-state index >= 15 is 0 Å². The minimum atomic E-state index is -4.42. The molecule has 1 aliphatic rings. The van der Waals surface area contributed by atoms with E-state index in [1.165, 1.54) is 12.1 Å². The van der Waals surface area contributed by atoms with Gasteiger partial charge in [0.25, 0.3) is 0 Å². The lowest BCUT2D eigenvalue weighted by Gasteiger charge is -2.23. The van der Waals surface area contributed by atoms with Crippen molar-refractivity contribution in [2.24, 2.45) is 5.92 Å². The number of ether oxygens (including phenoxy) is 1. The summed E-state index contributed by atoms with van der Waals surface area (Å²) in [6.45, 7) is 1.33. The molecule has 20 heavy (non-hydrogen) atoms. The standard InChI is InChI=1S/C14H18F3NO2/c1-20-9-11-4-5-18(7-11)13-3-2-10(8-19)6-12(13)14(15,16)17/h2-3,6,11,19H,4-5,7-9H2,1H3. The molecule has 2 rings (SSSR count). The van der Waals surface area contributed by atoms with Crippen molar-refractivity contribution in [2.75, 3.05) is 31.7 Å². The van der Waals surface area contributed by atoms with E-state index in [0.29, 0.717) is 19.7 Å². The van der Waals surface area contributed by atoms with E-state index in [-0.39, 0.29) is 17.2 Å². The Labute approximate surface area is 116 Å². The lowest BCUT2D eigenvalue weighted by molar-refractivity contribution is -0.137. The molecular formula is C14H18F3NO2. The number of aliphatic hydroxyl groups excluding tert-OH is 1. The van der Waals surface area contributed by atoms with Crippen molar-refractivity contribution in [1.29, 1.82) is 0 Å². The van der Waals surface area contributed by atoms with Crippen molar-refractivity contribution in [1.82, 2.24) is 0 Å². The second-order valence-corrected chi connectivity index (χ2v) is 5.06. The second-order valence-electron chi connectivity index (χ2n) is 5.06. The van der Waals surface area contributed by atoms with E-state index in [4.69, 9.17) is 9.84 Å². The molecule has 1 fully saturated rings. The van der Waals surface area contributed by atoms with Gasteiger partial charge in [0.2, 0.25) is 0 Å². The maximum Gasteiger partial charge on any atom is 0.418 e. The highest BCUT2D eigenvalue weighted by Crippen LogP contribution is 2.39. The highest BCUT2D eigenvalue weighted by atomic mass is 19.4. The summed E-state index contributed by atoms with van der Waals surface area (Å²) in [4.78, 5) is 1.74. The molecular weight excluding hydrogens is 271 g/mol. The first-order valence-corrected chi connectivity index (χ1v) is 6.50. The van der Waals surface area contributed by atoms with Gasteiger partial charge in [0.05, 0.1) is 18.8 Å². The molecule has 0 bridgehead atoms. The largest absolute Gasteiger partial charge is 0.418 e. The van der Waals surface area contributed by atoms with E-state index in [1.54, 1.807) is 12.0 Å². The molecule has 0 aliphatic carbocycles. The van der Waals surface area contributed by atoms with Gasteiger partial charge in [0, 0.05) is 31.8 Å². The average molecular weight is 289 g/mol. The smallest absolute Gasteiger partial charge is 0.392 e. The normalized spacial score (nSPS) is 19.6. The number of benzene rings is 1. The van der Waals surface area contributed by atoms with Gasteiger partial charge >= 0.3 is 6.18 Å². The summed E-state index contributed by atoms with van der Waals surface area (Å²) in [5, 5.41) is 9.00. The van der Waals surface area contributed by atoms with Crippen molar-refractivity contribution >= 4 is 5.69 Å². The monoisotopic (exact) mass is 289 g/mol. The Morgan fingerprint density at radius 1 is 1.40 bits per heavy atom. The molecule has 0 amide bonds. The van der Waals surface area contributed by atoms with Gasteiger partial charge in [0.1, 0.15) is 0 Å². The van der Waals surface area contributed by atoms with Crippen molar-refractivity contribution in [3.8, 4) is 0 Å². The maximum absolute atomic E-state index is 13.1. The lowest BCUT2D eigenvalue weighted by atomic mass is 10.1. The summed E-state index contributed by atoms with van der Waals surface area (Å²) >= 11 is 0. The summed E-state index contributed by atoms with van der Waals surface area (Å²) < 4.78 is 44.5. The van der Waals surface area contributed by atoms with Gasteiger partial charge in [-0.25, -0.2) is 0 Å². The third-order valence-corrected chi connectivity index (χ3v) is 3.58. The van der Waals surface area contributed by atoms with Crippen LogP contribution in [0.25, 0.3) is 0 Å². The molecule has 112 valence electrons. The Balaban J connectivity index is 2.27. The first kappa shape index (κ1) is 15.1. The number of halogens is 3. The minimum Gasteiger partial charge on any atom is -0.392 e. The molecule has 1 aromatic carbocycles. The van der Waals surface area contributed by atoms with Crippen LogP contribution < -0.4 is 4.90 Å². The van der Waals surface area contributed by atoms with E-state index < -0.39 is 18.3 Å². The third kappa shape index (κ3) is 3.24. The zero-order valence-corrected chi connectivity index (χ0v) is 11.3. The Morgan fingerprint density at radius 2 is 2.15 bits per heavy atom. The predicted octanol–water partition coefficient (Wildman–Crippen LogP) is 2.67. The van der Waals surface area contributed by atoms with Crippen LogP contribution in [0.1, 0.15) is 17.5 Å². The van der Waals surface area contributed by atoms with Crippen LogP contribution in [-0.2, 0) is 17.5 Å². The summed E-state index contributed by atoms with van der Waals surface area (Å²) in [5.74, 6) is 0.263. The fourth-order valence-electron chi connectivity index (χ4n) is 2.61. The van der Waals surface area contributed by atoms with Crippen LogP contribution in [0.5, 0.6) is 0 Å². The van der Waals surface area contributed by atoms with Crippen molar-refractivity contribution < 1.29 is 23.0 Å². The van der Waals surface area contributed by atoms with Crippen molar-refractivity contribution in [3.05, 3.63) is 29.3 Å². The van der Waals surface area contributed by atoms with Crippen LogP contribution in [-0.4, -0.2) is 31.9 Å². The molecule has 0 saturated carbocycles. The van der Waals surface area contributed by atoms with E-state index in [2.05, 4.69) is 0 Å². The fraction of sp³-hybridized carbons (Fsp3) is 0.571. The van der Waals surface area contributed by atoms with E-state index in [9.17, 15) is 13.2 Å². The van der Waals surface area contributed by atoms with Gasteiger partial charge in [-0.05, 0) is 24.1 Å². The first-order valence-electron chi connectivity index (χ1n) is 6.50. The molecule has 1 heterocycles. The SMILES string of the molecule is COCC1CCN(c2ccc(CO)cc2C(F)(F)F)C1. The lowest BCUT2D eigenvalue weighted by Crippen LogP contribution is -2.24. The molecule has 1 saturated heterocycles. The summed E-state index contributed by atoms with van der Waals surface area (Å²) in [6.07, 6.45) is -3.59. The highest BCUT2D eigenvalue weighted by Gasteiger charge is 2.36. The molecule has 1 aromatic rings. The average Bonchev–Trinajstić information content (AvgIpc) is 2.86. The predicted molar refractivity (Wildman–Crippen MR) is 69.6 cm³/mol. The van der Waals surface area contributed by atoms with Crippen LogP contribution in [0.2, 0.25) is 0 Å². The van der Waals surface area contributed by atoms with E-state index in [0.717, 1.165) is 12.5 Å². The van der Waals surface area contributed by atoms with Crippen molar-refractivity contribution in [3.63, 3.8) is 0 Å². The number of nitrogens with zero attached hydrogens (tertiary/aromatic N) is 1. The van der Waals surface area contributed by atoms with Crippen LogP contribution >= 0.6 is 0 Å². The Hall–Kier alpha value is -1.27. The number of hydrogen-bond donors (Lipinski definition) is 1. The van der Waals surface area contributed by atoms with Crippen molar-refractivity contribution in [2.45, 2.75) is 19.2 Å². The molecule has 0 aromatic heterocycles. The third-order valence-electron chi connectivity index (χ3n) is 3.58. The maximum atomic E-state index is 13.1. The molecule has 6 heteroatoms. The van der Waals surface area contributed by atoms with Crippen LogP contribution in [0.4, 0.5) is 18.9 Å². The number of rotatable bonds is 4. The van der Waals surface area contributed by atoms with Gasteiger partial charge < -0.3 is 14.7 Å². The molecule has 3 nitrogen and oxygen atoms in total. The Bertz CT molecular complexity index is 462. The molecule has 1 unspecified atom stereocenters. The fourth-order valence-corrected chi connectivity index (χ4v) is 2.61. The number of alkyl halides is 3. The summed E-state index contributed by atoms with van der Waals surface area (Å²) in [5.41, 5.74) is -0.218. The van der Waals surface area contributed by atoms with Crippen LogP contribution in [0, 0.1) is 5.92 Å². The van der Waals surface area contributed by atoms with Gasteiger partial charge in [-0.1, -0.05) is 6.07 Å². The molecule has 0 radical (unpaired) electrons. The number of hydrogen-bond acceptors (Lipinski definition) is 3. The molecule has 1 aliphatic heterocycles. The van der Waals surface area contributed by atoms with Crippen LogP contribution in [0.15, 0.2) is 18.2 Å².